The summed E-state index contributed by atoms with van der Waals surface area (Å²) in [6.45, 7) is 2.23. The monoisotopic (exact) mass is 448 g/mol. The van der Waals surface area contributed by atoms with E-state index in [1.807, 2.05) is 25.1 Å². The van der Waals surface area contributed by atoms with Crippen molar-refractivity contribution in [3.63, 3.8) is 0 Å². The van der Waals surface area contributed by atoms with Crippen LogP contribution in [0.5, 0.6) is 5.75 Å². The highest BCUT2D eigenvalue weighted by atomic mass is 32.2. The van der Waals surface area contributed by atoms with Crippen LogP contribution in [-0.4, -0.2) is 46.1 Å². The lowest BCUT2D eigenvalue weighted by molar-refractivity contribution is -0.146. The fraction of sp³-hybridized carbons (Fsp3) is 0.333. The number of nitrogens with two attached hydrogens (primary N) is 2. The summed E-state index contributed by atoms with van der Waals surface area (Å²) in [5.41, 5.74) is 11.5. The standard InChI is InChI=1S/C21H28N4O5S/c1-16-9-11-18(12-10-16)31(27,28)25-19(8-5-13-24-21(22)23)20(26)30-15-14-29-17-6-3-2-4-7-17/h2-4,6-7,9-12,19,25H,5,8,13-15H2,1H3,(H4,22,23,24)/t19-/m0/s1. The number of aryl methyl sites for hydroxylation is 1. The number of ether oxygens (including phenoxy) is 2. The molecule has 0 saturated heterocycles. The van der Waals surface area contributed by atoms with Crippen LogP contribution in [0.15, 0.2) is 64.5 Å². The van der Waals surface area contributed by atoms with Gasteiger partial charge in [0, 0.05) is 6.54 Å². The zero-order valence-electron chi connectivity index (χ0n) is 17.4. The van der Waals surface area contributed by atoms with E-state index in [-0.39, 0.29) is 37.0 Å². The Balaban J connectivity index is 1.98. The van der Waals surface area contributed by atoms with Crippen molar-refractivity contribution in [2.45, 2.75) is 30.7 Å². The number of esters is 1. The van der Waals surface area contributed by atoms with Crippen LogP contribution in [0.1, 0.15) is 18.4 Å². The first kappa shape index (κ1) is 24.2. The van der Waals surface area contributed by atoms with E-state index < -0.39 is 22.0 Å². The highest BCUT2D eigenvalue weighted by Crippen LogP contribution is 2.13. The second kappa shape index (κ2) is 11.9. The van der Waals surface area contributed by atoms with Gasteiger partial charge in [0.1, 0.15) is 25.0 Å². The van der Waals surface area contributed by atoms with Gasteiger partial charge in [-0.3, -0.25) is 9.79 Å². The van der Waals surface area contributed by atoms with E-state index >= 15 is 0 Å². The SMILES string of the molecule is Cc1ccc(S(=O)(=O)N[C@@H](CCCN=C(N)N)C(=O)OCCOc2ccccc2)cc1. The first-order valence-electron chi connectivity index (χ1n) is 9.77. The van der Waals surface area contributed by atoms with Crippen LogP contribution in [0.4, 0.5) is 0 Å². The third kappa shape index (κ3) is 8.65. The van der Waals surface area contributed by atoms with Gasteiger partial charge in [0.25, 0.3) is 0 Å². The molecule has 0 aliphatic rings. The van der Waals surface area contributed by atoms with Gasteiger partial charge in [0.2, 0.25) is 10.0 Å². The molecule has 31 heavy (non-hydrogen) atoms. The van der Waals surface area contributed by atoms with Gasteiger partial charge in [0.15, 0.2) is 5.96 Å². The van der Waals surface area contributed by atoms with Gasteiger partial charge in [-0.1, -0.05) is 35.9 Å². The second-order valence-corrected chi connectivity index (χ2v) is 8.48. The summed E-state index contributed by atoms with van der Waals surface area (Å²) in [5.74, 6) is -0.123. The molecule has 0 bridgehead atoms. The Morgan fingerprint density at radius 1 is 1.06 bits per heavy atom. The highest BCUT2D eigenvalue weighted by molar-refractivity contribution is 7.89. The molecule has 10 heteroatoms. The van der Waals surface area contributed by atoms with E-state index in [0.717, 1.165) is 5.56 Å². The van der Waals surface area contributed by atoms with Crippen LogP contribution in [0.25, 0.3) is 0 Å². The van der Waals surface area contributed by atoms with Gasteiger partial charge in [-0.2, -0.15) is 4.72 Å². The fourth-order valence-electron chi connectivity index (χ4n) is 2.62. The quantitative estimate of drug-likeness (QED) is 0.192. The van der Waals surface area contributed by atoms with Crippen LogP contribution in [0.3, 0.4) is 0 Å². The van der Waals surface area contributed by atoms with Crippen molar-refractivity contribution in [1.29, 1.82) is 0 Å². The number of hydrogen-bond acceptors (Lipinski definition) is 6. The molecule has 5 N–H and O–H groups in total. The largest absolute Gasteiger partial charge is 0.490 e. The molecule has 1 atom stereocenters. The van der Waals surface area contributed by atoms with Gasteiger partial charge < -0.3 is 20.9 Å². The Morgan fingerprint density at radius 3 is 2.39 bits per heavy atom. The predicted octanol–water partition coefficient (Wildman–Crippen LogP) is 1.32. The average Bonchev–Trinajstić information content (AvgIpc) is 2.74. The van der Waals surface area contributed by atoms with E-state index in [0.29, 0.717) is 12.2 Å². The Bertz CT molecular complexity index is 959. The van der Waals surface area contributed by atoms with E-state index in [1.165, 1.54) is 12.1 Å². The molecule has 2 rings (SSSR count). The summed E-state index contributed by atoms with van der Waals surface area (Å²) in [5, 5.41) is 0. The van der Waals surface area contributed by atoms with Gasteiger partial charge in [-0.25, -0.2) is 8.42 Å². The number of rotatable bonds is 12. The number of hydrogen-bond donors (Lipinski definition) is 3. The molecule has 0 aliphatic carbocycles. The molecule has 0 spiro atoms. The van der Waals surface area contributed by atoms with Crippen molar-refractivity contribution < 1.29 is 22.7 Å². The number of sulfonamides is 1. The molecule has 9 nitrogen and oxygen atoms in total. The third-order valence-electron chi connectivity index (χ3n) is 4.20. The maximum Gasteiger partial charge on any atom is 0.324 e. The number of carbonyl (C=O) groups is 1. The van der Waals surface area contributed by atoms with Crippen molar-refractivity contribution in [1.82, 2.24) is 4.72 Å². The van der Waals surface area contributed by atoms with Gasteiger partial charge in [0.05, 0.1) is 4.90 Å². The Kier molecular flexibility index (Phi) is 9.29. The zero-order chi connectivity index (χ0) is 22.7. The number of nitrogens with one attached hydrogen (secondary N) is 1. The van der Waals surface area contributed by atoms with Crippen molar-refractivity contribution in [3.05, 3.63) is 60.2 Å². The van der Waals surface area contributed by atoms with Gasteiger partial charge in [-0.05, 0) is 44.0 Å². The molecule has 0 amide bonds. The molecule has 0 unspecified atom stereocenters. The van der Waals surface area contributed by atoms with Crippen LogP contribution >= 0.6 is 0 Å². The van der Waals surface area contributed by atoms with Crippen LogP contribution in [-0.2, 0) is 19.6 Å². The summed E-state index contributed by atoms with van der Waals surface area (Å²) < 4.78 is 38.5. The lowest BCUT2D eigenvalue weighted by atomic mass is 10.2. The molecular formula is C21H28N4O5S. The summed E-state index contributed by atoms with van der Waals surface area (Å²) >= 11 is 0. The van der Waals surface area contributed by atoms with Crippen molar-refractivity contribution in [2.75, 3.05) is 19.8 Å². The molecule has 0 aromatic heterocycles. The van der Waals surface area contributed by atoms with Crippen molar-refractivity contribution in [2.24, 2.45) is 16.5 Å². The lowest BCUT2D eigenvalue weighted by Crippen LogP contribution is -2.42. The number of aliphatic imine (C=N–C) groups is 1. The minimum absolute atomic E-state index is 0.0234. The van der Waals surface area contributed by atoms with Crippen LogP contribution < -0.4 is 20.9 Å². The normalized spacial score (nSPS) is 12.0. The molecular weight excluding hydrogens is 420 g/mol. The molecule has 0 heterocycles. The van der Waals surface area contributed by atoms with Gasteiger partial charge in [-0.15, -0.1) is 0 Å². The Labute approximate surface area is 182 Å². The summed E-state index contributed by atoms with van der Waals surface area (Å²) in [7, 11) is -3.92. The van der Waals surface area contributed by atoms with Crippen LogP contribution in [0, 0.1) is 6.92 Å². The fourth-order valence-corrected chi connectivity index (χ4v) is 3.84. The Hall–Kier alpha value is -3.11. The molecule has 0 saturated carbocycles. The zero-order valence-corrected chi connectivity index (χ0v) is 18.2. The van der Waals surface area contributed by atoms with E-state index in [1.54, 1.807) is 24.3 Å². The first-order valence-corrected chi connectivity index (χ1v) is 11.2. The smallest absolute Gasteiger partial charge is 0.324 e. The number of carbonyl (C=O) groups excluding carboxylic acids is 1. The number of guanidine groups is 1. The predicted molar refractivity (Wildman–Crippen MR) is 118 cm³/mol. The van der Waals surface area contributed by atoms with E-state index in [2.05, 4.69) is 9.71 Å². The Morgan fingerprint density at radius 2 is 1.74 bits per heavy atom. The van der Waals surface area contributed by atoms with E-state index in [9.17, 15) is 13.2 Å². The second-order valence-electron chi connectivity index (χ2n) is 6.76. The van der Waals surface area contributed by atoms with Crippen molar-refractivity contribution in [3.8, 4) is 5.75 Å². The minimum atomic E-state index is -3.92. The summed E-state index contributed by atoms with van der Waals surface area (Å²) in [6, 6.07) is 14.3. The first-order chi connectivity index (χ1) is 14.8. The highest BCUT2D eigenvalue weighted by Gasteiger charge is 2.26. The summed E-state index contributed by atoms with van der Waals surface area (Å²) in [4.78, 5) is 16.5. The van der Waals surface area contributed by atoms with Gasteiger partial charge >= 0.3 is 5.97 Å². The lowest BCUT2D eigenvalue weighted by Gasteiger charge is -2.18. The number of benzene rings is 2. The van der Waals surface area contributed by atoms with Crippen molar-refractivity contribution >= 4 is 22.0 Å². The molecule has 0 radical (unpaired) electrons. The molecule has 2 aromatic carbocycles. The molecule has 2 aromatic rings. The topological polar surface area (TPSA) is 146 Å². The molecule has 0 aliphatic heterocycles. The molecule has 0 fully saturated rings. The summed E-state index contributed by atoms with van der Waals surface area (Å²) in [6.07, 6.45) is 0.550. The maximum atomic E-state index is 12.7. The maximum absolute atomic E-state index is 12.7. The number of para-hydroxylation sites is 1. The van der Waals surface area contributed by atoms with Crippen LogP contribution in [0.2, 0.25) is 0 Å². The molecule has 168 valence electrons. The van der Waals surface area contributed by atoms with E-state index in [4.69, 9.17) is 20.9 Å². The number of nitrogens with zero attached hydrogens (tertiary/aromatic N) is 1. The third-order valence-corrected chi connectivity index (χ3v) is 5.69. The average molecular weight is 449 g/mol. The minimum Gasteiger partial charge on any atom is -0.490 e.